The van der Waals surface area contributed by atoms with Crippen molar-refractivity contribution in [2.75, 3.05) is 13.2 Å². The third-order valence-electron chi connectivity index (χ3n) is 1.60. The van der Waals surface area contributed by atoms with Crippen molar-refractivity contribution in [2.45, 2.75) is 6.43 Å². The molecule has 1 rings (SSSR count). The predicted molar refractivity (Wildman–Crippen MR) is 53.6 cm³/mol. The lowest BCUT2D eigenvalue weighted by Gasteiger charge is -2.09. The van der Waals surface area contributed by atoms with Crippen LogP contribution in [0.2, 0.25) is 0 Å². The maximum Gasteiger partial charge on any atom is 0.265 e. The SMILES string of the molecule is NCCOc1cccc(C(F)F)c1Br. The molecular formula is C9H10BrF2NO. The van der Waals surface area contributed by atoms with Crippen LogP contribution in [0.4, 0.5) is 8.78 Å². The average Bonchev–Trinajstić information content (AvgIpc) is 2.16. The first-order valence-electron chi connectivity index (χ1n) is 4.06. The van der Waals surface area contributed by atoms with Gasteiger partial charge in [0, 0.05) is 12.1 Å². The van der Waals surface area contributed by atoms with E-state index in [1.54, 1.807) is 6.07 Å². The normalized spacial score (nSPS) is 10.6. The first kappa shape index (κ1) is 11.4. The molecule has 0 unspecified atom stereocenters. The first-order valence-corrected chi connectivity index (χ1v) is 4.85. The van der Waals surface area contributed by atoms with Gasteiger partial charge in [-0.25, -0.2) is 8.78 Å². The molecule has 0 aromatic heterocycles. The summed E-state index contributed by atoms with van der Waals surface area (Å²) >= 11 is 3.07. The zero-order valence-corrected chi connectivity index (χ0v) is 8.93. The minimum atomic E-state index is -2.51. The molecule has 0 saturated carbocycles. The Morgan fingerprint density at radius 3 is 2.71 bits per heavy atom. The van der Waals surface area contributed by atoms with Crippen LogP contribution >= 0.6 is 15.9 Å². The third kappa shape index (κ3) is 2.65. The van der Waals surface area contributed by atoms with Crippen molar-refractivity contribution in [3.8, 4) is 5.75 Å². The molecule has 0 aliphatic rings. The Morgan fingerprint density at radius 2 is 2.14 bits per heavy atom. The topological polar surface area (TPSA) is 35.2 Å². The molecule has 0 atom stereocenters. The first-order chi connectivity index (χ1) is 6.66. The summed E-state index contributed by atoms with van der Waals surface area (Å²) < 4.78 is 30.3. The standard InChI is InChI=1S/C9H10BrF2NO/c10-8-6(9(11)12)2-1-3-7(8)14-5-4-13/h1-3,9H,4-5,13H2. The van der Waals surface area contributed by atoms with Crippen molar-refractivity contribution in [2.24, 2.45) is 5.73 Å². The van der Waals surface area contributed by atoms with Crippen LogP contribution in [0, 0.1) is 0 Å². The molecular weight excluding hydrogens is 256 g/mol. The Hall–Kier alpha value is -0.680. The van der Waals surface area contributed by atoms with Crippen LogP contribution in [-0.2, 0) is 0 Å². The number of benzene rings is 1. The Labute approximate surface area is 89.2 Å². The molecule has 0 bridgehead atoms. The summed E-state index contributed by atoms with van der Waals surface area (Å²) in [6, 6.07) is 4.49. The molecule has 78 valence electrons. The maximum absolute atomic E-state index is 12.4. The molecule has 0 aliphatic heterocycles. The summed E-state index contributed by atoms with van der Waals surface area (Å²) in [7, 11) is 0. The van der Waals surface area contributed by atoms with Crippen LogP contribution in [0.3, 0.4) is 0 Å². The minimum Gasteiger partial charge on any atom is -0.491 e. The lowest BCUT2D eigenvalue weighted by molar-refractivity contribution is 0.150. The van der Waals surface area contributed by atoms with Gasteiger partial charge in [0.05, 0.1) is 4.47 Å². The number of halogens is 3. The van der Waals surface area contributed by atoms with E-state index in [0.29, 0.717) is 23.4 Å². The molecule has 5 heteroatoms. The van der Waals surface area contributed by atoms with Gasteiger partial charge in [-0.05, 0) is 22.0 Å². The van der Waals surface area contributed by atoms with Gasteiger partial charge in [0.15, 0.2) is 0 Å². The summed E-state index contributed by atoms with van der Waals surface area (Å²) in [5, 5.41) is 0. The Bertz CT molecular complexity index is 307. The Balaban J connectivity index is 2.89. The largest absolute Gasteiger partial charge is 0.491 e. The van der Waals surface area contributed by atoms with Crippen molar-refractivity contribution < 1.29 is 13.5 Å². The van der Waals surface area contributed by atoms with Gasteiger partial charge >= 0.3 is 0 Å². The second kappa shape index (κ2) is 5.26. The molecule has 0 radical (unpaired) electrons. The molecule has 2 nitrogen and oxygen atoms in total. The molecule has 0 spiro atoms. The van der Waals surface area contributed by atoms with Crippen LogP contribution < -0.4 is 10.5 Å². The highest BCUT2D eigenvalue weighted by molar-refractivity contribution is 9.10. The highest BCUT2D eigenvalue weighted by atomic mass is 79.9. The molecule has 0 fully saturated rings. The Morgan fingerprint density at radius 1 is 1.43 bits per heavy atom. The number of rotatable bonds is 4. The zero-order chi connectivity index (χ0) is 10.6. The van der Waals surface area contributed by atoms with Gasteiger partial charge in [-0.3, -0.25) is 0 Å². The molecule has 0 heterocycles. The quantitative estimate of drug-likeness (QED) is 0.909. The second-order valence-electron chi connectivity index (χ2n) is 2.60. The maximum atomic E-state index is 12.4. The van der Waals surface area contributed by atoms with E-state index < -0.39 is 6.43 Å². The predicted octanol–water partition coefficient (Wildman–Crippen LogP) is 2.72. The fraction of sp³-hybridized carbons (Fsp3) is 0.333. The van der Waals surface area contributed by atoms with E-state index in [4.69, 9.17) is 10.5 Å². The third-order valence-corrected chi connectivity index (χ3v) is 2.45. The van der Waals surface area contributed by atoms with Crippen molar-refractivity contribution >= 4 is 15.9 Å². The minimum absolute atomic E-state index is 0.0699. The summed E-state index contributed by atoms with van der Waals surface area (Å²) in [5.41, 5.74) is 5.17. The monoisotopic (exact) mass is 265 g/mol. The van der Waals surface area contributed by atoms with Crippen molar-refractivity contribution in [3.63, 3.8) is 0 Å². The van der Waals surface area contributed by atoms with Crippen LogP contribution in [0.1, 0.15) is 12.0 Å². The van der Waals surface area contributed by atoms with Crippen LogP contribution in [-0.4, -0.2) is 13.2 Å². The second-order valence-corrected chi connectivity index (χ2v) is 3.39. The number of hydrogen-bond donors (Lipinski definition) is 1. The van der Waals surface area contributed by atoms with E-state index in [9.17, 15) is 8.78 Å². The molecule has 14 heavy (non-hydrogen) atoms. The highest BCUT2D eigenvalue weighted by Crippen LogP contribution is 2.34. The molecule has 0 amide bonds. The van der Waals surface area contributed by atoms with Crippen molar-refractivity contribution in [1.29, 1.82) is 0 Å². The fourth-order valence-electron chi connectivity index (χ4n) is 0.977. The molecule has 1 aromatic rings. The van der Waals surface area contributed by atoms with E-state index in [2.05, 4.69) is 15.9 Å². The van der Waals surface area contributed by atoms with Crippen molar-refractivity contribution in [1.82, 2.24) is 0 Å². The number of alkyl halides is 2. The van der Waals surface area contributed by atoms with E-state index >= 15 is 0 Å². The fourth-order valence-corrected chi connectivity index (χ4v) is 1.53. The van der Waals surface area contributed by atoms with E-state index in [1.165, 1.54) is 12.1 Å². The van der Waals surface area contributed by atoms with Crippen molar-refractivity contribution in [3.05, 3.63) is 28.2 Å². The smallest absolute Gasteiger partial charge is 0.265 e. The molecule has 0 aliphatic carbocycles. The highest BCUT2D eigenvalue weighted by Gasteiger charge is 2.14. The van der Waals surface area contributed by atoms with Gasteiger partial charge in [0.25, 0.3) is 6.43 Å². The zero-order valence-electron chi connectivity index (χ0n) is 7.34. The molecule has 0 saturated heterocycles. The van der Waals surface area contributed by atoms with E-state index in [-0.39, 0.29) is 5.56 Å². The Kier molecular flexibility index (Phi) is 4.28. The van der Waals surface area contributed by atoms with Gasteiger partial charge in [-0.1, -0.05) is 12.1 Å². The number of nitrogens with two attached hydrogens (primary N) is 1. The summed E-state index contributed by atoms with van der Waals surface area (Å²) in [5.74, 6) is 0.397. The lowest BCUT2D eigenvalue weighted by Crippen LogP contribution is -2.11. The van der Waals surface area contributed by atoms with Gasteiger partial charge in [-0.15, -0.1) is 0 Å². The van der Waals surface area contributed by atoms with E-state index in [0.717, 1.165) is 0 Å². The van der Waals surface area contributed by atoms with Gasteiger partial charge in [0.2, 0.25) is 0 Å². The van der Waals surface area contributed by atoms with Gasteiger partial charge < -0.3 is 10.5 Å². The molecule has 1 aromatic carbocycles. The van der Waals surface area contributed by atoms with Crippen LogP contribution in [0.15, 0.2) is 22.7 Å². The number of hydrogen-bond acceptors (Lipinski definition) is 2. The summed E-state index contributed by atoms with van der Waals surface area (Å²) in [4.78, 5) is 0. The number of ether oxygens (including phenoxy) is 1. The van der Waals surface area contributed by atoms with Crippen LogP contribution in [0.5, 0.6) is 5.75 Å². The summed E-state index contributed by atoms with van der Waals surface area (Å²) in [6.45, 7) is 0.663. The molecule has 2 N–H and O–H groups in total. The average molecular weight is 266 g/mol. The van der Waals surface area contributed by atoms with E-state index in [1.807, 2.05) is 0 Å². The van der Waals surface area contributed by atoms with Crippen LogP contribution in [0.25, 0.3) is 0 Å². The summed E-state index contributed by atoms with van der Waals surface area (Å²) in [6.07, 6.45) is -2.51. The lowest BCUT2D eigenvalue weighted by atomic mass is 10.2. The van der Waals surface area contributed by atoms with Gasteiger partial charge in [-0.2, -0.15) is 0 Å². The van der Waals surface area contributed by atoms with Gasteiger partial charge in [0.1, 0.15) is 12.4 Å².